The Balaban J connectivity index is 2.06. The van der Waals surface area contributed by atoms with Gasteiger partial charge in [0.1, 0.15) is 17.8 Å². The van der Waals surface area contributed by atoms with Crippen LogP contribution < -0.4 is 36.9 Å². The minimum Gasteiger partial charge on any atom is -0.493 e. The van der Waals surface area contributed by atoms with Crippen molar-refractivity contribution in [3.8, 4) is 11.5 Å². The molecule has 1 fully saturated rings. The first-order valence-electron chi connectivity index (χ1n) is 13.0. The number of carboxylic acid groups (broad SMARTS) is 3. The van der Waals surface area contributed by atoms with Crippen molar-refractivity contribution in [2.24, 2.45) is 16.5 Å². The van der Waals surface area contributed by atoms with E-state index in [4.69, 9.17) is 31.2 Å². The summed E-state index contributed by atoms with van der Waals surface area (Å²) in [7, 11) is 1.35. The monoisotopic (exact) mass is 622 g/mol. The molecular weight excluding hydrogens is 588 g/mol. The fraction of sp³-hybridized carbons (Fsp3) is 0.423. The first kappa shape index (κ1) is 34.8. The van der Waals surface area contributed by atoms with E-state index in [0.29, 0.717) is 24.9 Å². The fourth-order valence-corrected chi connectivity index (χ4v) is 3.97. The van der Waals surface area contributed by atoms with Gasteiger partial charge in [0.2, 0.25) is 11.8 Å². The van der Waals surface area contributed by atoms with Gasteiger partial charge in [-0.3, -0.25) is 24.2 Å². The number of aliphatic imine (C=N–C) groups is 1. The van der Waals surface area contributed by atoms with Crippen molar-refractivity contribution in [3.63, 3.8) is 0 Å². The molecule has 1 heterocycles. The lowest BCUT2D eigenvalue weighted by molar-refractivity contribution is -0.167. The Bertz CT molecular complexity index is 1340. The molecule has 2 rings (SSSR count). The van der Waals surface area contributed by atoms with Crippen LogP contribution in [0.1, 0.15) is 37.7 Å². The third-order valence-electron chi connectivity index (χ3n) is 6.16. The number of aliphatic carboxylic acids is 3. The first-order valence-corrected chi connectivity index (χ1v) is 13.0. The van der Waals surface area contributed by atoms with Crippen LogP contribution in [-0.2, 0) is 28.8 Å². The van der Waals surface area contributed by atoms with Gasteiger partial charge in [-0.25, -0.2) is 9.59 Å². The number of nitrogens with two attached hydrogens (primary N) is 2. The molecule has 1 aliphatic heterocycles. The SMILES string of the molecule is COc1ccc(/C=C2\NC(=O)[C@H](CCCN=C(N)N)NC2=O)cc1OCC[C@H](NC(=O)C[C@@](O)(CC(=O)O)C(=O)O)C(=O)O. The molecule has 0 aromatic heterocycles. The van der Waals surface area contributed by atoms with Gasteiger partial charge in [0.15, 0.2) is 23.1 Å². The number of guanidine groups is 1. The summed E-state index contributed by atoms with van der Waals surface area (Å²) in [5, 5.41) is 44.6. The Labute approximate surface area is 250 Å². The number of benzene rings is 1. The van der Waals surface area contributed by atoms with Crippen LogP contribution >= 0.6 is 0 Å². The molecule has 1 aliphatic rings. The Hall–Kier alpha value is -5.39. The van der Waals surface area contributed by atoms with Gasteiger partial charge in [0.05, 0.1) is 26.6 Å². The Kier molecular flexibility index (Phi) is 12.4. The quantitative estimate of drug-likeness (QED) is 0.0383. The van der Waals surface area contributed by atoms with Crippen LogP contribution in [0, 0.1) is 0 Å². The van der Waals surface area contributed by atoms with Gasteiger partial charge in [-0.05, 0) is 36.6 Å². The number of piperazine rings is 1. The summed E-state index contributed by atoms with van der Waals surface area (Å²) in [4.78, 5) is 75.0. The third kappa shape index (κ3) is 10.5. The van der Waals surface area contributed by atoms with Crippen LogP contribution in [0.5, 0.6) is 11.5 Å². The molecular formula is C26H34N6O12. The molecule has 0 unspecified atom stereocenters. The maximum absolute atomic E-state index is 12.6. The van der Waals surface area contributed by atoms with E-state index in [1.165, 1.54) is 25.3 Å². The second-order valence-electron chi connectivity index (χ2n) is 9.61. The Morgan fingerprint density at radius 1 is 1.14 bits per heavy atom. The number of ether oxygens (including phenoxy) is 2. The average molecular weight is 623 g/mol. The molecule has 0 bridgehead atoms. The van der Waals surface area contributed by atoms with Crippen LogP contribution in [-0.4, -0.2) is 100.0 Å². The highest BCUT2D eigenvalue weighted by molar-refractivity contribution is 6.07. The molecule has 0 saturated carbocycles. The van der Waals surface area contributed by atoms with Crippen molar-refractivity contribution in [1.82, 2.24) is 16.0 Å². The van der Waals surface area contributed by atoms with Crippen LogP contribution in [0.25, 0.3) is 6.08 Å². The van der Waals surface area contributed by atoms with Crippen LogP contribution in [0.4, 0.5) is 0 Å². The van der Waals surface area contributed by atoms with E-state index in [0.717, 1.165) is 0 Å². The highest BCUT2D eigenvalue weighted by atomic mass is 16.5. The van der Waals surface area contributed by atoms with Gasteiger partial charge in [0.25, 0.3) is 5.91 Å². The van der Waals surface area contributed by atoms with E-state index in [9.17, 15) is 39.0 Å². The Morgan fingerprint density at radius 2 is 1.84 bits per heavy atom. The zero-order valence-corrected chi connectivity index (χ0v) is 23.6. The summed E-state index contributed by atoms with van der Waals surface area (Å²) in [6.07, 6.45) is -0.666. The largest absolute Gasteiger partial charge is 0.493 e. The third-order valence-corrected chi connectivity index (χ3v) is 6.16. The lowest BCUT2D eigenvalue weighted by Crippen LogP contribution is -2.54. The molecule has 3 amide bonds. The zero-order valence-electron chi connectivity index (χ0n) is 23.6. The second-order valence-corrected chi connectivity index (χ2v) is 9.61. The molecule has 1 aromatic carbocycles. The lowest BCUT2D eigenvalue weighted by Gasteiger charge is -2.25. The fourth-order valence-electron chi connectivity index (χ4n) is 3.97. The number of carbonyl (C=O) groups is 6. The topological polar surface area (TPSA) is 302 Å². The number of aliphatic hydroxyl groups is 1. The van der Waals surface area contributed by atoms with Crippen molar-refractivity contribution < 1.29 is 58.7 Å². The molecule has 1 aromatic rings. The van der Waals surface area contributed by atoms with Crippen molar-refractivity contribution in [2.75, 3.05) is 20.3 Å². The van der Waals surface area contributed by atoms with Crippen molar-refractivity contribution >= 4 is 47.7 Å². The van der Waals surface area contributed by atoms with E-state index in [1.54, 1.807) is 6.07 Å². The molecule has 18 heteroatoms. The summed E-state index contributed by atoms with van der Waals surface area (Å²) in [6.45, 7) is -0.00945. The van der Waals surface area contributed by atoms with Crippen molar-refractivity contribution in [3.05, 3.63) is 29.5 Å². The van der Waals surface area contributed by atoms with E-state index in [-0.39, 0.29) is 36.2 Å². The lowest BCUT2D eigenvalue weighted by atomic mass is 9.95. The summed E-state index contributed by atoms with van der Waals surface area (Å²) in [5.74, 6) is -7.03. The Morgan fingerprint density at radius 3 is 2.43 bits per heavy atom. The number of carbonyl (C=O) groups excluding carboxylic acids is 3. The molecule has 0 radical (unpaired) electrons. The van der Waals surface area contributed by atoms with Gasteiger partial charge >= 0.3 is 17.9 Å². The standard InChI is InChI=1S/C26H34N6O12/c1-43-17-5-4-13(9-16-22(37)31-14(21(36)32-16)3-2-7-29-25(27)28)10-18(17)44-8-6-15(23(38)39)30-19(33)11-26(42,24(40)41)12-20(34)35/h4-5,9-10,14-15,42H,2-3,6-8,11-12H2,1H3,(H,30,33)(H,31,37)(H,32,36)(H,34,35)(H,38,39)(H,40,41)(H4,27,28,29)/b16-9-/t14-,15-,26+/m0/s1. The van der Waals surface area contributed by atoms with E-state index in [1.807, 2.05) is 5.32 Å². The van der Waals surface area contributed by atoms with Gasteiger partial charge in [-0.2, -0.15) is 0 Å². The predicted molar refractivity (Wildman–Crippen MR) is 150 cm³/mol. The van der Waals surface area contributed by atoms with Gasteiger partial charge in [0, 0.05) is 13.0 Å². The number of rotatable bonds is 17. The van der Waals surface area contributed by atoms with Crippen LogP contribution in [0.2, 0.25) is 0 Å². The summed E-state index contributed by atoms with van der Waals surface area (Å²) in [6, 6.07) is 2.17. The summed E-state index contributed by atoms with van der Waals surface area (Å²) < 4.78 is 10.9. The highest BCUT2D eigenvalue weighted by Gasteiger charge is 2.41. The predicted octanol–water partition coefficient (Wildman–Crippen LogP) is -2.28. The number of nitrogens with one attached hydrogen (secondary N) is 3. The minimum atomic E-state index is -2.94. The smallest absolute Gasteiger partial charge is 0.336 e. The number of nitrogens with zero attached hydrogens (tertiary/aromatic N) is 1. The molecule has 1 saturated heterocycles. The van der Waals surface area contributed by atoms with E-state index in [2.05, 4.69) is 15.6 Å². The molecule has 3 atom stereocenters. The summed E-state index contributed by atoms with van der Waals surface area (Å²) >= 11 is 0. The molecule has 0 spiro atoms. The van der Waals surface area contributed by atoms with Crippen LogP contribution in [0.3, 0.4) is 0 Å². The normalized spacial score (nSPS) is 17.3. The second kappa shape index (κ2) is 15.7. The van der Waals surface area contributed by atoms with Gasteiger partial charge in [-0.15, -0.1) is 0 Å². The van der Waals surface area contributed by atoms with Crippen LogP contribution in [0.15, 0.2) is 28.9 Å². The highest BCUT2D eigenvalue weighted by Crippen LogP contribution is 2.29. The number of amides is 3. The maximum Gasteiger partial charge on any atom is 0.336 e. The minimum absolute atomic E-state index is 0.0375. The number of hydrogen-bond acceptors (Lipinski definition) is 10. The van der Waals surface area contributed by atoms with Crippen molar-refractivity contribution in [1.29, 1.82) is 0 Å². The number of hydrogen-bond donors (Lipinski definition) is 9. The number of carboxylic acids is 3. The van der Waals surface area contributed by atoms with E-state index < -0.39 is 66.2 Å². The van der Waals surface area contributed by atoms with Gasteiger partial charge in [-0.1, -0.05) is 6.07 Å². The number of methoxy groups -OCH3 is 1. The molecule has 44 heavy (non-hydrogen) atoms. The first-order chi connectivity index (χ1) is 20.6. The van der Waals surface area contributed by atoms with Crippen molar-refractivity contribution in [2.45, 2.75) is 49.8 Å². The maximum atomic E-state index is 12.6. The molecule has 0 aliphatic carbocycles. The molecule has 18 nitrogen and oxygen atoms in total. The molecule has 11 N–H and O–H groups in total. The zero-order chi connectivity index (χ0) is 33.0. The summed E-state index contributed by atoms with van der Waals surface area (Å²) in [5.41, 5.74) is 7.96. The van der Waals surface area contributed by atoms with E-state index >= 15 is 0 Å². The van der Waals surface area contributed by atoms with Gasteiger partial charge < -0.3 is 57.3 Å². The average Bonchev–Trinajstić information content (AvgIpc) is 2.92. The molecule has 240 valence electrons.